The third-order valence-electron chi connectivity index (χ3n) is 3.77. The van der Waals surface area contributed by atoms with Crippen molar-refractivity contribution in [2.75, 3.05) is 0 Å². The number of rotatable bonds is 4. The average Bonchev–Trinajstić information content (AvgIpc) is 3.25. The zero-order valence-electron chi connectivity index (χ0n) is 11.7. The molecule has 0 aromatic heterocycles. The van der Waals surface area contributed by atoms with Gasteiger partial charge in [-0.3, -0.25) is 0 Å². The Morgan fingerprint density at radius 2 is 1.76 bits per heavy atom. The predicted molar refractivity (Wildman–Crippen MR) is 76.4 cm³/mol. The molecule has 0 amide bonds. The van der Waals surface area contributed by atoms with Gasteiger partial charge < -0.3 is 5.32 Å². The van der Waals surface area contributed by atoms with Crippen molar-refractivity contribution in [1.29, 1.82) is 0 Å². The van der Waals surface area contributed by atoms with Gasteiger partial charge in [0.15, 0.2) is 0 Å². The third-order valence-corrected chi connectivity index (χ3v) is 3.77. The molecule has 0 atom stereocenters. The van der Waals surface area contributed by atoms with Crippen molar-refractivity contribution < 1.29 is 13.2 Å². The molecule has 0 bridgehead atoms. The molecule has 2 aromatic carbocycles. The van der Waals surface area contributed by atoms with Crippen LogP contribution in [0.4, 0.5) is 13.2 Å². The molecule has 110 valence electrons. The smallest absolute Gasteiger partial charge is 0.133 e. The molecule has 1 nitrogen and oxygen atoms in total. The second kappa shape index (κ2) is 5.53. The minimum Gasteiger partial charge on any atom is -0.310 e. The summed E-state index contributed by atoms with van der Waals surface area (Å²) in [6, 6.07) is 7.37. The fourth-order valence-electron chi connectivity index (χ4n) is 2.28. The SMILES string of the molecule is Cc1cc(-c2ccc(CNC3CC3)c(F)c2)c(F)cc1F. The van der Waals surface area contributed by atoms with E-state index in [-0.39, 0.29) is 11.4 Å². The van der Waals surface area contributed by atoms with Crippen LogP contribution >= 0.6 is 0 Å². The quantitative estimate of drug-likeness (QED) is 0.884. The minimum absolute atomic E-state index is 0.217. The maximum Gasteiger partial charge on any atom is 0.133 e. The lowest BCUT2D eigenvalue weighted by atomic mass is 10.0. The average molecular weight is 291 g/mol. The lowest BCUT2D eigenvalue weighted by Gasteiger charge is -2.09. The first-order valence-electron chi connectivity index (χ1n) is 7.02. The number of hydrogen-bond acceptors (Lipinski definition) is 1. The van der Waals surface area contributed by atoms with E-state index in [0.29, 0.717) is 29.3 Å². The summed E-state index contributed by atoms with van der Waals surface area (Å²) in [6.45, 7) is 2.03. The summed E-state index contributed by atoms with van der Waals surface area (Å²) in [5.74, 6) is -1.65. The second-order valence-corrected chi connectivity index (χ2v) is 5.54. The summed E-state index contributed by atoms with van der Waals surface area (Å²) < 4.78 is 41.2. The van der Waals surface area contributed by atoms with E-state index < -0.39 is 11.6 Å². The fraction of sp³-hybridized carbons (Fsp3) is 0.294. The van der Waals surface area contributed by atoms with Gasteiger partial charge in [0.2, 0.25) is 0 Å². The number of aryl methyl sites for hydroxylation is 1. The molecular weight excluding hydrogens is 275 g/mol. The topological polar surface area (TPSA) is 12.0 Å². The first-order valence-corrected chi connectivity index (χ1v) is 7.02. The molecule has 3 rings (SSSR count). The number of nitrogens with one attached hydrogen (secondary N) is 1. The van der Waals surface area contributed by atoms with Gasteiger partial charge in [-0.05, 0) is 43.0 Å². The van der Waals surface area contributed by atoms with Gasteiger partial charge in [-0.2, -0.15) is 0 Å². The summed E-state index contributed by atoms with van der Waals surface area (Å²) in [6.07, 6.45) is 2.28. The Labute approximate surface area is 121 Å². The summed E-state index contributed by atoms with van der Waals surface area (Å²) in [7, 11) is 0. The monoisotopic (exact) mass is 291 g/mol. The Morgan fingerprint density at radius 1 is 1.00 bits per heavy atom. The van der Waals surface area contributed by atoms with Crippen molar-refractivity contribution in [2.45, 2.75) is 32.4 Å². The van der Waals surface area contributed by atoms with E-state index in [0.717, 1.165) is 18.9 Å². The molecule has 0 aliphatic heterocycles. The molecular formula is C17H16F3N. The van der Waals surface area contributed by atoms with E-state index in [9.17, 15) is 13.2 Å². The Hall–Kier alpha value is -1.81. The van der Waals surface area contributed by atoms with Crippen LogP contribution in [0.1, 0.15) is 24.0 Å². The Bertz CT molecular complexity index is 678. The molecule has 0 saturated heterocycles. The molecule has 1 aliphatic rings. The normalized spacial score (nSPS) is 14.5. The second-order valence-electron chi connectivity index (χ2n) is 5.54. The molecule has 1 aliphatic carbocycles. The summed E-state index contributed by atoms with van der Waals surface area (Å²) in [4.78, 5) is 0. The summed E-state index contributed by atoms with van der Waals surface area (Å²) >= 11 is 0. The third kappa shape index (κ3) is 3.10. The van der Waals surface area contributed by atoms with Crippen LogP contribution < -0.4 is 5.32 Å². The van der Waals surface area contributed by atoms with Crippen LogP contribution in [0.15, 0.2) is 30.3 Å². The molecule has 0 radical (unpaired) electrons. The van der Waals surface area contributed by atoms with E-state index in [1.807, 2.05) is 0 Å². The van der Waals surface area contributed by atoms with Gasteiger partial charge in [0.05, 0.1) is 0 Å². The van der Waals surface area contributed by atoms with Crippen LogP contribution in [0.25, 0.3) is 11.1 Å². The molecule has 1 fully saturated rings. The van der Waals surface area contributed by atoms with E-state index in [4.69, 9.17) is 0 Å². The summed E-state index contributed by atoms with van der Waals surface area (Å²) in [5.41, 5.74) is 1.54. The van der Waals surface area contributed by atoms with Gasteiger partial charge in [-0.1, -0.05) is 12.1 Å². The van der Waals surface area contributed by atoms with Gasteiger partial charge in [-0.25, -0.2) is 13.2 Å². The molecule has 0 unspecified atom stereocenters. The maximum atomic E-state index is 14.1. The van der Waals surface area contributed by atoms with E-state index in [2.05, 4.69) is 5.32 Å². The fourth-order valence-corrected chi connectivity index (χ4v) is 2.28. The van der Waals surface area contributed by atoms with Crippen molar-refractivity contribution in [3.8, 4) is 11.1 Å². The van der Waals surface area contributed by atoms with E-state index in [1.54, 1.807) is 19.1 Å². The molecule has 1 N–H and O–H groups in total. The molecule has 0 heterocycles. The van der Waals surface area contributed by atoms with Crippen molar-refractivity contribution in [3.05, 3.63) is 58.9 Å². The highest BCUT2D eigenvalue weighted by Crippen LogP contribution is 2.27. The zero-order valence-corrected chi connectivity index (χ0v) is 11.7. The highest BCUT2D eigenvalue weighted by molar-refractivity contribution is 5.65. The first kappa shape index (κ1) is 14.1. The van der Waals surface area contributed by atoms with Crippen LogP contribution in [-0.4, -0.2) is 6.04 Å². The molecule has 2 aromatic rings. The van der Waals surface area contributed by atoms with Crippen LogP contribution in [-0.2, 0) is 6.54 Å². The Morgan fingerprint density at radius 3 is 2.43 bits per heavy atom. The van der Waals surface area contributed by atoms with Gasteiger partial charge in [0.1, 0.15) is 17.5 Å². The van der Waals surface area contributed by atoms with Gasteiger partial charge in [-0.15, -0.1) is 0 Å². The standard InChI is InChI=1S/C17H16F3N/c1-10-6-14(17(20)8-15(10)18)11-2-3-12(16(19)7-11)9-21-13-4-5-13/h2-3,6-8,13,21H,4-5,9H2,1H3. The van der Waals surface area contributed by atoms with Crippen LogP contribution in [0.2, 0.25) is 0 Å². The van der Waals surface area contributed by atoms with Gasteiger partial charge >= 0.3 is 0 Å². The Balaban J connectivity index is 1.88. The van der Waals surface area contributed by atoms with Crippen molar-refractivity contribution in [3.63, 3.8) is 0 Å². The predicted octanol–water partition coefficient (Wildman–Crippen LogP) is 4.33. The lowest BCUT2D eigenvalue weighted by Crippen LogP contribution is -2.16. The molecule has 21 heavy (non-hydrogen) atoms. The lowest BCUT2D eigenvalue weighted by molar-refractivity contribution is 0.578. The zero-order chi connectivity index (χ0) is 15.0. The van der Waals surface area contributed by atoms with Gasteiger partial charge in [0.25, 0.3) is 0 Å². The van der Waals surface area contributed by atoms with Crippen LogP contribution in [0.3, 0.4) is 0 Å². The highest BCUT2D eigenvalue weighted by Gasteiger charge is 2.20. The number of benzene rings is 2. The Kier molecular flexibility index (Phi) is 3.72. The van der Waals surface area contributed by atoms with E-state index in [1.165, 1.54) is 12.1 Å². The highest BCUT2D eigenvalue weighted by atomic mass is 19.1. The van der Waals surface area contributed by atoms with Crippen molar-refractivity contribution >= 4 is 0 Å². The van der Waals surface area contributed by atoms with Crippen LogP contribution in [0, 0.1) is 24.4 Å². The number of halogens is 3. The largest absolute Gasteiger partial charge is 0.310 e. The van der Waals surface area contributed by atoms with Gasteiger partial charge in [0, 0.05) is 29.8 Å². The maximum absolute atomic E-state index is 14.1. The number of hydrogen-bond donors (Lipinski definition) is 1. The molecule has 0 spiro atoms. The van der Waals surface area contributed by atoms with Crippen molar-refractivity contribution in [1.82, 2.24) is 5.32 Å². The molecule has 1 saturated carbocycles. The first-order chi connectivity index (χ1) is 10.0. The molecule has 4 heteroatoms. The van der Waals surface area contributed by atoms with E-state index >= 15 is 0 Å². The van der Waals surface area contributed by atoms with Crippen molar-refractivity contribution in [2.24, 2.45) is 0 Å². The summed E-state index contributed by atoms with van der Waals surface area (Å²) in [5, 5.41) is 3.24. The van der Waals surface area contributed by atoms with Crippen LogP contribution in [0.5, 0.6) is 0 Å². The minimum atomic E-state index is -0.679.